The molecule has 1 aromatic carbocycles. The molecule has 0 bridgehead atoms. The first-order chi connectivity index (χ1) is 16.5. The van der Waals surface area contributed by atoms with Gasteiger partial charge in [0.2, 0.25) is 0 Å². The van der Waals surface area contributed by atoms with Crippen LogP contribution in [-0.2, 0) is 17.7 Å². The first-order valence-corrected chi connectivity index (χ1v) is 12.1. The Bertz CT molecular complexity index is 1240. The van der Waals surface area contributed by atoms with Crippen LogP contribution in [0.2, 0.25) is 0 Å². The second kappa shape index (κ2) is 9.28. The number of pyridine rings is 1. The molecule has 0 atom stereocenters. The molecule has 2 aromatic heterocycles. The molecule has 0 aliphatic carbocycles. The number of aromatic nitrogens is 1. The van der Waals surface area contributed by atoms with Crippen LogP contribution in [0.5, 0.6) is 11.5 Å². The van der Waals surface area contributed by atoms with Crippen molar-refractivity contribution in [1.82, 2.24) is 9.88 Å². The van der Waals surface area contributed by atoms with E-state index in [4.69, 9.17) is 24.9 Å². The molecule has 2 aliphatic rings. The van der Waals surface area contributed by atoms with Gasteiger partial charge >= 0.3 is 0 Å². The maximum atomic E-state index is 13.3. The smallest absolute Gasteiger partial charge is 0.268 e. The summed E-state index contributed by atoms with van der Waals surface area (Å²) in [5.41, 5.74) is 10.1. The van der Waals surface area contributed by atoms with Crippen LogP contribution < -0.4 is 25.4 Å². The van der Waals surface area contributed by atoms with E-state index in [1.165, 1.54) is 22.5 Å². The topological polar surface area (TPSA) is 102 Å². The molecule has 0 saturated carbocycles. The summed E-state index contributed by atoms with van der Waals surface area (Å²) in [5, 5.41) is 3.86. The number of likely N-dealkylation sites (N-methyl/N-ethyl adjacent to an activating group) is 1. The number of nitrogens with one attached hydrogen (secondary N) is 1. The van der Waals surface area contributed by atoms with E-state index in [9.17, 15) is 4.79 Å². The van der Waals surface area contributed by atoms with Gasteiger partial charge in [-0.05, 0) is 31.2 Å². The molecule has 3 N–H and O–H groups in total. The van der Waals surface area contributed by atoms with Crippen LogP contribution in [0.4, 0.5) is 17.2 Å². The third-order valence-corrected chi connectivity index (χ3v) is 7.51. The van der Waals surface area contributed by atoms with Gasteiger partial charge in [-0.25, -0.2) is 4.98 Å². The molecule has 180 valence electrons. The van der Waals surface area contributed by atoms with E-state index in [0.717, 1.165) is 48.6 Å². The summed E-state index contributed by atoms with van der Waals surface area (Å²) in [5.74, 6) is 1.87. The third-order valence-electron chi connectivity index (χ3n) is 6.42. The number of hydrogen-bond donors (Lipinski definition) is 2. The number of hydrogen-bond acceptors (Lipinski definition) is 9. The SMILES string of the molecule is COc1ccc(NC(=O)c2sc3nc(N4CCOCC4)c4c(c3c2N)CCN(C)C4)c(OC)c1. The van der Waals surface area contributed by atoms with E-state index in [2.05, 4.69) is 22.2 Å². The number of methoxy groups -OCH3 is 2. The summed E-state index contributed by atoms with van der Waals surface area (Å²) in [6.45, 7) is 4.74. The fraction of sp³-hybridized carbons (Fsp3) is 0.417. The first-order valence-electron chi connectivity index (χ1n) is 11.3. The number of rotatable bonds is 5. The number of fused-ring (bicyclic) bond motifs is 3. The molecule has 5 rings (SSSR count). The zero-order chi connectivity index (χ0) is 23.8. The van der Waals surface area contributed by atoms with Crippen LogP contribution in [0.1, 0.15) is 20.8 Å². The molecule has 34 heavy (non-hydrogen) atoms. The van der Waals surface area contributed by atoms with Gasteiger partial charge in [0.05, 0.1) is 38.8 Å². The van der Waals surface area contributed by atoms with Crippen LogP contribution in [0.3, 0.4) is 0 Å². The van der Waals surface area contributed by atoms with E-state index in [-0.39, 0.29) is 5.91 Å². The molecule has 10 heteroatoms. The lowest BCUT2D eigenvalue weighted by Gasteiger charge is -2.33. The number of amides is 1. The lowest BCUT2D eigenvalue weighted by molar-refractivity contribution is 0.103. The highest BCUT2D eigenvalue weighted by Crippen LogP contribution is 2.42. The molecule has 0 unspecified atom stereocenters. The van der Waals surface area contributed by atoms with Crippen LogP contribution >= 0.6 is 11.3 Å². The lowest BCUT2D eigenvalue weighted by Crippen LogP contribution is -2.39. The van der Waals surface area contributed by atoms with Gasteiger partial charge in [-0.2, -0.15) is 0 Å². The lowest BCUT2D eigenvalue weighted by atomic mass is 9.96. The molecule has 1 fully saturated rings. The van der Waals surface area contributed by atoms with Crippen LogP contribution in [-0.4, -0.2) is 69.9 Å². The van der Waals surface area contributed by atoms with Crippen LogP contribution in [0, 0.1) is 0 Å². The van der Waals surface area contributed by atoms with Crippen LogP contribution in [0.25, 0.3) is 10.2 Å². The number of thiophene rings is 1. The zero-order valence-corrected chi connectivity index (χ0v) is 20.5. The third kappa shape index (κ3) is 4.02. The summed E-state index contributed by atoms with van der Waals surface area (Å²) < 4.78 is 16.2. The van der Waals surface area contributed by atoms with Gasteiger partial charge in [0.15, 0.2) is 0 Å². The fourth-order valence-electron chi connectivity index (χ4n) is 4.63. The monoisotopic (exact) mass is 483 g/mol. The van der Waals surface area contributed by atoms with E-state index < -0.39 is 0 Å². The van der Waals surface area contributed by atoms with E-state index >= 15 is 0 Å². The predicted octanol–water partition coefficient (Wildman–Crippen LogP) is 2.97. The van der Waals surface area contributed by atoms with Crippen LogP contribution in [0.15, 0.2) is 18.2 Å². The Hall–Kier alpha value is -3.08. The summed E-state index contributed by atoms with van der Waals surface area (Å²) in [6.07, 6.45) is 0.872. The summed E-state index contributed by atoms with van der Waals surface area (Å²) in [6, 6.07) is 5.26. The van der Waals surface area contributed by atoms with Gasteiger partial charge in [-0.1, -0.05) is 0 Å². The second-order valence-electron chi connectivity index (χ2n) is 8.53. The van der Waals surface area contributed by atoms with Crippen molar-refractivity contribution in [1.29, 1.82) is 0 Å². The number of nitrogen functional groups attached to an aromatic ring is 1. The number of ether oxygens (including phenoxy) is 3. The number of benzene rings is 1. The number of morpholine rings is 1. The zero-order valence-electron chi connectivity index (χ0n) is 19.6. The van der Waals surface area contributed by atoms with E-state index in [1.807, 2.05) is 0 Å². The maximum Gasteiger partial charge on any atom is 0.268 e. The van der Waals surface area contributed by atoms with Crippen molar-refractivity contribution in [3.05, 3.63) is 34.2 Å². The Kier molecular flexibility index (Phi) is 6.20. The summed E-state index contributed by atoms with van der Waals surface area (Å²) in [7, 11) is 5.26. The van der Waals surface area contributed by atoms with Gasteiger partial charge in [-0.3, -0.25) is 4.79 Å². The Morgan fingerprint density at radius 3 is 2.71 bits per heavy atom. The molecule has 4 heterocycles. The van der Waals surface area contributed by atoms with Gasteiger partial charge < -0.3 is 35.1 Å². The predicted molar refractivity (Wildman–Crippen MR) is 135 cm³/mol. The number of carbonyl (C=O) groups excluding carboxylic acids is 1. The number of carbonyl (C=O) groups is 1. The van der Waals surface area contributed by atoms with Crippen molar-refractivity contribution in [3.63, 3.8) is 0 Å². The Morgan fingerprint density at radius 2 is 1.97 bits per heavy atom. The average Bonchev–Trinajstić information content (AvgIpc) is 3.20. The fourth-order valence-corrected chi connectivity index (χ4v) is 5.65. The molecule has 3 aromatic rings. The standard InChI is InChI=1S/C24H29N5O4S/c1-28-7-6-15-16(13-28)22(29-8-10-33-11-9-29)27-24-19(15)20(25)21(34-24)23(30)26-17-5-4-14(31-2)12-18(17)32-3/h4-5,12H,6-11,13,25H2,1-3H3,(H,26,30). The van der Waals surface area contributed by atoms with Gasteiger partial charge in [-0.15, -0.1) is 11.3 Å². The highest BCUT2D eigenvalue weighted by atomic mass is 32.1. The minimum atomic E-state index is -0.279. The second-order valence-corrected chi connectivity index (χ2v) is 9.52. The molecule has 2 aliphatic heterocycles. The minimum Gasteiger partial charge on any atom is -0.497 e. The highest BCUT2D eigenvalue weighted by molar-refractivity contribution is 7.21. The average molecular weight is 484 g/mol. The molecular formula is C24H29N5O4S. The largest absolute Gasteiger partial charge is 0.497 e. The molecular weight excluding hydrogens is 454 g/mol. The summed E-state index contributed by atoms with van der Waals surface area (Å²) >= 11 is 1.34. The van der Waals surface area contributed by atoms with Crippen molar-refractivity contribution in [2.45, 2.75) is 13.0 Å². The molecule has 1 amide bonds. The summed E-state index contributed by atoms with van der Waals surface area (Å²) in [4.78, 5) is 24.2. The quantitative estimate of drug-likeness (QED) is 0.571. The Balaban J connectivity index is 1.56. The van der Waals surface area contributed by atoms with Crippen molar-refractivity contribution in [2.24, 2.45) is 0 Å². The number of nitrogens with zero attached hydrogens (tertiary/aromatic N) is 3. The normalized spacial score (nSPS) is 16.4. The van der Waals surface area contributed by atoms with Gasteiger partial charge in [0, 0.05) is 43.2 Å². The van der Waals surface area contributed by atoms with Gasteiger partial charge in [0.1, 0.15) is 27.0 Å². The molecule has 9 nitrogen and oxygen atoms in total. The molecule has 0 spiro atoms. The first kappa shape index (κ1) is 22.7. The highest BCUT2D eigenvalue weighted by Gasteiger charge is 2.29. The van der Waals surface area contributed by atoms with E-state index in [1.54, 1.807) is 32.4 Å². The van der Waals surface area contributed by atoms with Crippen molar-refractivity contribution in [3.8, 4) is 11.5 Å². The number of anilines is 3. The van der Waals surface area contributed by atoms with Gasteiger partial charge in [0.25, 0.3) is 5.91 Å². The number of nitrogens with two attached hydrogens (primary N) is 1. The van der Waals surface area contributed by atoms with Crippen molar-refractivity contribution >= 4 is 44.7 Å². The maximum absolute atomic E-state index is 13.3. The molecule has 0 radical (unpaired) electrons. The Morgan fingerprint density at radius 1 is 1.18 bits per heavy atom. The minimum absolute atomic E-state index is 0.279. The Labute approximate surface area is 202 Å². The van der Waals surface area contributed by atoms with Crippen molar-refractivity contribution in [2.75, 3.05) is 70.1 Å². The van der Waals surface area contributed by atoms with Crippen molar-refractivity contribution < 1.29 is 19.0 Å². The molecule has 1 saturated heterocycles. The van der Waals surface area contributed by atoms with E-state index in [0.29, 0.717) is 41.0 Å².